The van der Waals surface area contributed by atoms with Crippen molar-refractivity contribution in [2.75, 3.05) is 19.5 Å². The third-order valence-corrected chi connectivity index (χ3v) is 8.12. The zero-order chi connectivity index (χ0) is 27.9. The number of nitrogens with one attached hydrogen (secondary N) is 2. The van der Waals surface area contributed by atoms with E-state index in [1.807, 2.05) is 18.2 Å². The average molecular weight is 635 g/mol. The van der Waals surface area contributed by atoms with E-state index in [9.17, 15) is 14.4 Å². The Kier molecular flexibility index (Phi) is 9.60. The van der Waals surface area contributed by atoms with Gasteiger partial charge in [-0.05, 0) is 70.9 Å². The van der Waals surface area contributed by atoms with Gasteiger partial charge in [0.2, 0.25) is 0 Å². The second-order valence-corrected chi connectivity index (χ2v) is 10.8. The van der Waals surface area contributed by atoms with Crippen LogP contribution < -0.4 is 20.2 Å². The van der Waals surface area contributed by atoms with Crippen molar-refractivity contribution in [3.8, 4) is 11.5 Å². The summed E-state index contributed by atoms with van der Waals surface area (Å²) in [6.45, 7) is 0.234. The number of esters is 1. The van der Waals surface area contributed by atoms with Crippen molar-refractivity contribution < 1.29 is 28.6 Å². The number of ether oxygens (including phenoxy) is 3. The van der Waals surface area contributed by atoms with Gasteiger partial charge < -0.3 is 19.5 Å². The van der Waals surface area contributed by atoms with Crippen LogP contribution >= 0.6 is 38.9 Å². The molecule has 0 saturated heterocycles. The SMILES string of the molecule is COC(=O)c1c(NC(=O)C(=O)N/N=C/c2cc(Br)c(OCc3ccccc3Cl)c(OC)c2)sc2c1CCCC2. The van der Waals surface area contributed by atoms with Crippen molar-refractivity contribution in [2.24, 2.45) is 5.10 Å². The monoisotopic (exact) mass is 633 g/mol. The van der Waals surface area contributed by atoms with Gasteiger partial charge in [0.1, 0.15) is 11.6 Å². The lowest BCUT2D eigenvalue weighted by Crippen LogP contribution is -2.32. The summed E-state index contributed by atoms with van der Waals surface area (Å²) in [7, 11) is 2.79. The maximum absolute atomic E-state index is 12.5. The number of rotatable bonds is 8. The fourth-order valence-electron chi connectivity index (χ4n) is 4.07. The molecule has 1 aromatic heterocycles. The van der Waals surface area contributed by atoms with Gasteiger partial charge in [0, 0.05) is 15.5 Å². The highest BCUT2D eigenvalue weighted by Gasteiger charge is 2.28. The number of hydrogen-bond acceptors (Lipinski definition) is 8. The zero-order valence-electron chi connectivity index (χ0n) is 21.1. The quantitative estimate of drug-likeness (QED) is 0.146. The highest BCUT2D eigenvalue weighted by Crippen LogP contribution is 2.39. The molecule has 1 aliphatic rings. The molecule has 0 aliphatic heterocycles. The zero-order valence-corrected chi connectivity index (χ0v) is 24.3. The lowest BCUT2D eigenvalue weighted by Gasteiger charge is -2.14. The molecule has 0 fully saturated rings. The number of hydrazone groups is 1. The molecule has 0 radical (unpaired) electrons. The first-order valence-electron chi connectivity index (χ1n) is 11.9. The van der Waals surface area contributed by atoms with Gasteiger partial charge in [0.25, 0.3) is 0 Å². The average Bonchev–Trinajstić information content (AvgIpc) is 3.30. The maximum atomic E-state index is 12.5. The smallest absolute Gasteiger partial charge is 0.341 e. The highest BCUT2D eigenvalue weighted by atomic mass is 79.9. The number of benzene rings is 2. The molecule has 4 rings (SSSR count). The summed E-state index contributed by atoms with van der Waals surface area (Å²) in [5, 5.41) is 7.32. The topological polar surface area (TPSA) is 115 Å². The Bertz CT molecular complexity index is 1440. The van der Waals surface area contributed by atoms with E-state index < -0.39 is 17.8 Å². The Morgan fingerprint density at radius 2 is 1.90 bits per heavy atom. The molecule has 0 bridgehead atoms. The molecule has 39 heavy (non-hydrogen) atoms. The standard InChI is InChI=1S/C27H25BrClN3O6S/c1-36-20-12-15(11-18(28)23(20)38-14-16-7-3-5-9-19(16)29)13-30-32-25(34)24(33)31-26-22(27(35)37-2)17-8-4-6-10-21(17)39-26/h3,5,7,9,11-13H,4,6,8,10,14H2,1-2H3,(H,31,33)(H,32,34)/b30-13+. The molecule has 0 unspecified atom stereocenters. The van der Waals surface area contributed by atoms with Crippen LogP contribution in [0.3, 0.4) is 0 Å². The maximum Gasteiger partial charge on any atom is 0.341 e. The number of thiophene rings is 1. The molecule has 0 saturated carbocycles. The molecule has 2 aromatic carbocycles. The molecular formula is C27H25BrClN3O6S. The minimum atomic E-state index is -0.987. The summed E-state index contributed by atoms with van der Waals surface area (Å²) in [6.07, 6.45) is 4.86. The minimum Gasteiger partial charge on any atom is -0.493 e. The molecule has 2 amide bonds. The molecule has 0 atom stereocenters. The van der Waals surface area contributed by atoms with Crippen LogP contribution in [-0.2, 0) is 33.8 Å². The first-order chi connectivity index (χ1) is 18.8. The molecule has 12 heteroatoms. The Hall–Kier alpha value is -3.41. The molecular weight excluding hydrogens is 610 g/mol. The molecule has 1 heterocycles. The van der Waals surface area contributed by atoms with Gasteiger partial charge in [-0.25, -0.2) is 10.2 Å². The summed E-state index contributed by atoms with van der Waals surface area (Å²) < 4.78 is 16.9. The summed E-state index contributed by atoms with van der Waals surface area (Å²) in [4.78, 5) is 38.3. The van der Waals surface area contributed by atoms with E-state index in [1.54, 1.807) is 18.2 Å². The predicted octanol–water partition coefficient (Wildman–Crippen LogP) is 5.51. The Morgan fingerprint density at radius 1 is 1.13 bits per heavy atom. The van der Waals surface area contributed by atoms with Gasteiger partial charge in [-0.2, -0.15) is 5.10 Å². The van der Waals surface area contributed by atoms with Gasteiger partial charge in [-0.1, -0.05) is 29.8 Å². The number of nitrogens with zero attached hydrogens (tertiary/aromatic N) is 1. The van der Waals surface area contributed by atoms with Crippen LogP contribution in [0.1, 0.15) is 44.8 Å². The van der Waals surface area contributed by atoms with Gasteiger partial charge in [0.05, 0.1) is 30.5 Å². The number of anilines is 1. The van der Waals surface area contributed by atoms with E-state index in [4.69, 9.17) is 25.8 Å². The molecule has 9 nitrogen and oxygen atoms in total. The van der Waals surface area contributed by atoms with Gasteiger partial charge in [-0.15, -0.1) is 11.3 Å². The number of methoxy groups -OCH3 is 2. The lowest BCUT2D eigenvalue weighted by molar-refractivity contribution is -0.136. The van der Waals surface area contributed by atoms with Crippen molar-refractivity contribution in [3.63, 3.8) is 0 Å². The molecule has 3 aromatic rings. The van der Waals surface area contributed by atoms with Crippen LogP contribution in [0.15, 0.2) is 46.0 Å². The Labute approximate surface area is 242 Å². The third kappa shape index (κ3) is 6.78. The van der Waals surface area contributed by atoms with E-state index in [2.05, 4.69) is 31.8 Å². The van der Waals surface area contributed by atoms with Crippen molar-refractivity contribution in [3.05, 3.63) is 73.0 Å². The summed E-state index contributed by atoms with van der Waals surface area (Å²) in [5.41, 5.74) is 4.79. The number of amides is 2. The van der Waals surface area contributed by atoms with Crippen molar-refractivity contribution >= 4 is 67.9 Å². The van der Waals surface area contributed by atoms with Crippen LogP contribution in [0.25, 0.3) is 0 Å². The molecule has 204 valence electrons. The number of carbonyl (C=O) groups excluding carboxylic acids is 3. The fraction of sp³-hybridized carbons (Fsp3) is 0.259. The van der Waals surface area contributed by atoms with Gasteiger partial charge in [0.15, 0.2) is 11.5 Å². The number of hydrogen-bond donors (Lipinski definition) is 2. The van der Waals surface area contributed by atoms with Crippen LogP contribution in [0, 0.1) is 0 Å². The normalized spacial score (nSPS) is 12.5. The van der Waals surface area contributed by atoms with Crippen LogP contribution in [-0.4, -0.2) is 38.2 Å². The summed E-state index contributed by atoms with van der Waals surface area (Å²) in [6, 6.07) is 10.8. The first-order valence-corrected chi connectivity index (χ1v) is 13.9. The summed E-state index contributed by atoms with van der Waals surface area (Å²) in [5.74, 6) is -1.57. The van der Waals surface area contributed by atoms with E-state index in [-0.39, 0.29) is 6.61 Å². The number of fused-ring (bicyclic) bond motifs is 1. The van der Waals surface area contributed by atoms with E-state index in [0.29, 0.717) is 37.1 Å². The van der Waals surface area contributed by atoms with Crippen LogP contribution in [0.5, 0.6) is 11.5 Å². The summed E-state index contributed by atoms with van der Waals surface area (Å²) >= 11 is 11.0. The largest absolute Gasteiger partial charge is 0.493 e. The molecule has 1 aliphatic carbocycles. The van der Waals surface area contributed by atoms with Crippen molar-refractivity contribution in [2.45, 2.75) is 32.3 Å². The van der Waals surface area contributed by atoms with Gasteiger partial charge in [-0.3, -0.25) is 9.59 Å². The number of halogens is 2. The van der Waals surface area contributed by atoms with Crippen molar-refractivity contribution in [1.29, 1.82) is 0 Å². The Morgan fingerprint density at radius 3 is 2.64 bits per heavy atom. The number of aryl methyl sites for hydroxylation is 1. The second kappa shape index (κ2) is 13.1. The predicted molar refractivity (Wildman–Crippen MR) is 153 cm³/mol. The van der Waals surface area contributed by atoms with E-state index in [0.717, 1.165) is 41.7 Å². The van der Waals surface area contributed by atoms with E-state index >= 15 is 0 Å². The fourth-order valence-corrected chi connectivity index (χ4v) is 6.10. The highest BCUT2D eigenvalue weighted by molar-refractivity contribution is 9.10. The van der Waals surface area contributed by atoms with Crippen molar-refractivity contribution in [1.82, 2.24) is 5.43 Å². The minimum absolute atomic E-state index is 0.234. The Balaban J connectivity index is 1.41. The first kappa shape index (κ1) is 28.6. The van der Waals surface area contributed by atoms with Gasteiger partial charge >= 0.3 is 17.8 Å². The van der Waals surface area contributed by atoms with Crippen LogP contribution in [0.4, 0.5) is 5.00 Å². The molecule has 0 spiro atoms. The van der Waals surface area contributed by atoms with E-state index in [1.165, 1.54) is 31.8 Å². The second-order valence-electron chi connectivity index (χ2n) is 8.47. The lowest BCUT2D eigenvalue weighted by atomic mass is 9.95. The van der Waals surface area contributed by atoms with Crippen LogP contribution in [0.2, 0.25) is 5.02 Å². The number of carbonyl (C=O) groups is 3. The third-order valence-electron chi connectivity index (χ3n) is 5.96. The molecule has 2 N–H and O–H groups in total.